The molecule has 0 bridgehead atoms. The van der Waals surface area contributed by atoms with Crippen LogP contribution in [0.1, 0.15) is 0 Å². The minimum atomic E-state index is 0.885. The number of hydrogen-bond donors (Lipinski definition) is 1. The summed E-state index contributed by atoms with van der Waals surface area (Å²) in [6, 6.07) is 14.5. The van der Waals surface area contributed by atoms with Gasteiger partial charge in [-0.2, -0.15) is 0 Å². The fourth-order valence-corrected chi connectivity index (χ4v) is 3.00. The quantitative estimate of drug-likeness (QED) is 0.560. The first kappa shape index (κ1) is 9.79. The number of fused-ring (bicyclic) bond motifs is 2. The monoisotopic (exact) mass is 250 g/mol. The van der Waals surface area contributed by atoms with Crippen LogP contribution >= 0.6 is 11.3 Å². The average Bonchev–Trinajstić information content (AvgIpc) is 3.04. The topological polar surface area (TPSA) is 41.6 Å². The third-order valence-corrected chi connectivity index (χ3v) is 3.92. The van der Waals surface area contributed by atoms with E-state index in [0.717, 1.165) is 22.2 Å². The molecule has 0 amide bonds. The van der Waals surface area contributed by atoms with Gasteiger partial charge < -0.3 is 0 Å². The zero-order chi connectivity index (χ0) is 11.9. The Bertz CT molecular complexity index is 844. The molecule has 0 atom stereocenters. The zero-order valence-corrected chi connectivity index (χ0v) is 10.2. The van der Waals surface area contributed by atoms with E-state index < -0.39 is 0 Å². The third kappa shape index (κ3) is 1.36. The van der Waals surface area contributed by atoms with Gasteiger partial charge >= 0.3 is 0 Å². The molecule has 4 heteroatoms. The van der Waals surface area contributed by atoms with Crippen LogP contribution in [0.3, 0.4) is 0 Å². The van der Waals surface area contributed by atoms with Crippen molar-refractivity contribution in [1.82, 2.24) is 15.4 Å². The fourth-order valence-electron chi connectivity index (χ4n) is 2.13. The molecular weight excluding hydrogens is 242 g/mol. The Morgan fingerprint density at radius 3 is 3.06 bits per heavy atom. The van der Waals surface area contributed by atoms with E-state index in [1.165, 1.54) is 10.1 Å². The van der Waals surface area contributed by atoms with Crippen LogP contribution in [0.5, 0.6) is 0 Å². The first-order valence-electron chi connectivity index (χ1n) is 5.62. The molecular formula is C14H8N3S. The summed E-state index contributed by atoms with van der Waals surface area (Å²) >= 11 is 1.65. The van der Waals surface area contributed by atoms with Crippen LogP contribution in [0, 0.1) is 5.38 Å². The SMILES string of the molecule is [c]1sc2ccccc2c1-c1ccc2[nH]nnc2c1. The van der Waals surface area contributed by atoms with Crippen LogP contribution in [0.4, 0.5) is 0 Å². The van der Waals surface area contributed by atoms with Crippen molar-refractivity contribution in [3.63, 3.8) is 0 Å². The second kappa shape index (κ2) is 3.65. The predicted octanol–water partition coefficient (Wildman–Crippen LogP) is 3.64. The van der Waals surface area contributed by atoms with Crippen LogP contribution < -0.4 is 0 Å². The Labute approximate surface area is 107 Å². The van der Waals surface area contributed by atoms with Crippen molar-refractivity contribution < 1.29 is 0 Å². The molecule has 0 spiro atoms. The van der Waals surface area contributed by atoms with Crippen molar-refractivity contribution in [2.75, 3.05) is 0 Å². The number of hydrogen-bond acceptors (Lipinski definition) is 3. The van der Waals surface area contributed by atoms with E-state index in [2.05, 4.69) is 51.1 Å². The van der Waals surface area contributed by atoms with E-state index in [-0.39, 0.29) is 0 Å². The van der Waals surface area contributed by atoms with Crippen molar-refractivity contribution >= 4 is 32.5 Å². The van der Waals surface area contributed by atoms with Crippen LogP contribution in [0.15, 0.2) is 42.5 Å². The fraction of sp³-hybridized carbons (Fsp3) is 0. The number of H-pyrrole nitrogens is 1. The molecule has 1 radical (unpaired) electrons. The highest BCUT2D eigenvalue weighted by Crippen LogP contribution is 2.33. The zero-order valence-electron chi connectivity index (χ0n) is 9.34. The smallest absolute Gasteiger partial charge is 0.113 e. The third-order valence-electron chi connectivity index (χ3n) is 3.03. The number of benzene rings is 2. The predicted molar refractivity (Wildman–Crippen MR) is 73.5 cm³/mol. The van der Waals surface area contributed by atoms with E-state index in [1.54, 1.807) is 11.3 Å². The summed E-state index contributed by atoms with van der Waals surface area (Å²) in [5, 5.41) is 15.3. The minimum Gasteiger partial charge on any atom is -0.258 e. The molecule has 0 aliphatic rings. The van der Waals surface area contributed by atoms with Crippen molar-refractivity contribution in [2.24, 2.45) is 0 Å². The van der Waals surface area contributed by atoms with Gasteiger partial charge in [0.2, 0.25) is 0 Å². The Balaban J connectivity index is 2.00. The van der Waals surface area contributed by atoms with Gasteiger partial charge in [-0.25, -0.2) is 0 Å². The molecule has 0 fully saturated rings. The number of aromatic amines is 1. The number of rotatable bonds is 1. The van der Waals surface area contributed by atoms with Crippen LogP contribution in [-0.2, 0) is 0 Å². The highest BCUT2D eigenvalue weighted by molar-refractivity contribution is 7.17. The summed E-state index contributed by atoms with van der Waals surface area (Å²) in [6.45, 7) is 0. The van der Waals surface area contributed by atoms with Crippen LogP contribution in [-0.4, -0.2) is 15.4 Å². The van der Waals surface area contributed by atoms with E-state index >= 15 is 0 Å². The Hall–Kier alpha value is -2.20. The second-order valence-corrected chi connectivity index (χ2v) is 4.97. The Morgan fingerprint density at radius 2 is 2.06 bits per heavy atom. The van der Waals surface area contributed by atoms with Gasteiger partial charge in [0.15, 0.2) is 0 Å². The molecule has 2 heterocycles. The van der Waals surface area contributed by atoms with E-state index in [4.69, 9.17) is 0 Å². The van der Waals surface area contributed by atoms with Gasteiger partial charge in [-0.1, -0.05) is 29.5 Å². The van der Waals surface area contributed by atoms with Gasteiger partial charge in [-0.15, -0.1) is 16.4 Å². The van der Waals surface area contributed by atoms with Gasteiger partial charge in [0.25, 0.3) is 0 Å². The number of thiophene rings is 1. The molecule has 0 aliphatic heterocycles. The molecule has 1 N–H and O–H groups in total. The lowest BCUT2D eigenvalue weighted by atomic mass is 10.0. The Morgan fingerprint density at radius 1 is 1.11 bits per heavy atom. The largest absolute Gasteiger partial charge is 0.258 e. The lowest BCUT2D eigenvalue weighted by molar-refractivity contribution is 0.959. The molecule has 4 aromatic rings. The summed E-state index contributed by atoms with van der Waals surface area (Å²) in [4.78, 5) is 0. The summed E-state index contributed by atoms with van der Waals surface area (Å²) < 4.78 is 1.26. The highest BCUT2D eigenvalue weighted by Gasteiger charge is 2.08. The first-order valence-corrected chi connectivity index (χ1v) is 6.44. The molecule has 18 heavy (non-hydrogen) atoms. The lowest BCUT2D eigenvalue weighted by Gasteiger charge is -1.99. The molecule has 0 saturated carbocycles. The summed E-state index contributed by atoms with van der Waals surface area (Å²) in [6.07, 6.45) is 0. The van der Waals surface area contributed by atoms with Crippen LogP contribution in [0.2, 0.25) is 0 Å². The maximum absolute atomic E-state index is 4.05. The standard InChI is InChI=1S/C14H8N3S/c1-2-4-14-10(3-1)11(8-18-14)9-5-6-12-13(7-9)16-17-15-12/h1-7H,(H,15,16,17). The van der Waals surface area contributed by atoms with Crippen molar-refractivity contribution in [2.45, 2.75) is 0 Å². The van der Waals surface area contributed by atoms with Crippen molar-refractivity contribution in [1.29, 1.82) is 0 Å². The van der Waals surface area contributed by atoms with Crippen LogP contribution in [0.25, 0.3) is 32.2 Å². The molecule has 2 aromatic carbocycles. The summed E-state index contributed by atoms with van der Waals surface area (Å²) in [5.74, 6) is 0. The molecule has 0 unspecified atom stereocenters. The molecule has 2 aromatic heterocycles. The van der Waals surface area contributed by atoms with Crippen molar-refractivity contribution in [3.05, 3.63) is 47.8 Å². The number of aromatic nitrogens is 3. The molecule has 85 valence electrons. The van der Waals surface area contributed by atoms with E-state index in [9.17, 15) is 0 Å². The lowest BCUT2D eigenvalue weighted by Crippen LogP contribution is -1.76. The van der Waals surface area contributed by atoms with Gasteiger partial charge in [0.05, 0.1) is 10.9 Å². The van der Waals surface area contributed by atoms with Gasteiger partial charge in [-0.05, 0) is 23.8 Å². The molecule has 3 nitrogen and oxygen atoms in total. The maximum Gasteiger partial charge on any atom is 0.113 e. The molecule has 0 aliphatic carbocycles. The number of nitrogens with zero attached hydrogens (tertiary/aromatic N) is 2. The van der Waals surface area contributed by atoms with E-state index in [0.29, 0.717) is 0 Å². The maximum atomic E-state index is 4.05. The van der Waals surface area contributed by atoms with Crippen molar-refractivity contribution in [3.8, 4) is 11.1 Å². The summed E-state index contributed by atoms with van der Waals surface area (Å²) in [5.41, 5.74) is 4.11. The Kier molecular flexibility index (Phi) is 1.98. The van der Waals surface area contributed by atoms with Gasteiger partial charge in [0, 0.05) is 15.6 Å². The average molecular weight is 250 g/mol. The first-order chi connectivity index (χ1) is 8.92. The number of nitrogens with one attached hydrogen (secondary N) is 1. The van der Waals surface area contributed by atoms with Gasteiger partial charge in [0.1, 0.15) is 5.52 Å². The molecule has 4 rings (SSSR count). The molecule has 0 saturated heterocycles. The summed E-state index contributed by atoms with van der Waals surface area (Å²) in [7, 11) is 0. The second-order valence-electron chi connectivity index (χ2n) is 4.12. The van der Waals surface area contributed by atoms with E-state index in [1.807, 2.05) is 12.1 Å². The normalized spacial score (nSPS) is 11.3. The highest BCUT2D eigenvalue weighted by atomic mass is 32.1. The van der Waals surface area contributed by atoms with Gasteiger partial charge in [-0.3, -0.25) is 5.10 Å². The minimum absolute atomic E-state index is 0.885.